The van der Waals surface area contributed by atoms with Crippen LogP contribution in [0, 0.1) is 10.1 Å². The van der Waals surface area contributed by atoms with Gasteiger partial charge in [0.05, 0.1) is 4.92 Å². The molecule has 0 bridgehead atoms. The number of rotatable bonds is 6. The lowest BCUT2D eigenvalue weighted by Gasteiger charge is -2.23. The van der Waals surface area contributed by atoms with Crippen LogP contribution in [-0.4, -0.2) is 4.92 Å². The molecule has 0 heterocycles. The van der Waals surface area contributed by atoms with Crippen LogP contribution in [-0.2, 0) is 0 Å². The van der Waals surface area contributed by atoms with Crippen LogP contribution in [0.4, 0.5) is 5.69 Å². The van der Waals surface area contributed by atoms with Crippen molar-refractivity contribution in [2.75, 3.05) is 0 Å². The van der Waals surface area contributed by atoms with E-state index >= 15 is 0 Å². The van der Waals surface area contributed by atoms with E-state index in [1.165, 1.54) is 11.6 Å². The molecule has 21 heavy (non-hydrogen) atoms. The van der Waals surface area contributed by atoms with Gasteiger partial charge in [-0.15, -0.1) is 0 Å². The number of hydrogen-bond donors (Lipinski definition) is 1. The first-order valence-electron chi connectivity index (χ1n) is 7.17. The number of nitrogens with zero attached hydrogens (tertiary/aromatic N) is 1. The van der Waals surface area contributed by atoms with Gasteiger partial charge in [0, 0.05) is 24.2 Å². The van der Waals surface area contributed by atoms with Gasteiger partial charge < -0.3 is 5.32 Å². The zero-order valence-corrected chi connectivity index (χ0v) is 12.3. The Balaban J connectivity index is 2.16. The summed E-state index contributed by atoms with van der Waals surface area (Å²) in [5.74, 6) is 0. The summed E-state index contributed by atoms with van der Waals surface area (Å²) >= 11 is 0. The molecule has 2 aromatic rings. The van der Waals surface area contributed by atoms with E-state index in [0.717, 1.165) is 12.0 Å². The van der Waals surface area contributed by atoms with Crippen LogP contribution in [0.15, 0.2) is 54.6 Å². The van der Waals surface area contributed by atoms with Crippen molar-refractivity contribution in [3.05, 3.63) is 75.8 Å². The van der Waals surface area contributed by atoms with Crippen LogP contribution in [0.1, 0.15) is 43.5 Å². The minimum atomic E-state index is -0.350. The molecule has 2 rings (SSSR count). The quantitative estimate of drug-likeness (QED) is 0.632. The third kappa shape index (κ3) is 3.89. The van der Waals surface area contributed by atoms with Gasteiger partial charge >= 0.3 is 0 Å². The molecule has 0 amide bonds. The van der Waals surface area contributed by atoms with Gasteiger partial charge in [-0.2, -0.15) is 0 Å². The maximum absolute atomic E-state index is 10.9. The standard InChI is InChI=1S/C17H20N2O2/c1-3-17(15-10-7-11-16(12-15)19(20)21)18-13(2)14-8-5-4-6-9-14/h4-13,17-18H,3H2,1-2H3/t13-,17?/m0/s1. The van der Waals surface area contributed by atoms with Gasteiger partial charge in [-0.05, 0) is 24.5 Å². The molecular formula is C17H20N2O2. The zero-order valence-electron chi connectivity index (χ0n) is 12.3. The van der Waals surface area contributed by atoms with Crippen molar-refractivity contribution in [1.29, 1.82) is 0 Å². The molecule has 0 fully saturated rings. The van der Waals surface area contributed by atoms with Gasteiger partial charge in [0.25, 0.3) is 5.69 Å². The predicted molar refractivity (Wildman–Crippen MR) is 84.1 cm³/mol. The van der Waals surface area contributed by atoms with Crippen LogP contribution in [0.3, 0.4) is 0 Å². The molecule has 0 saturated carbocycles. The van der Waals surface area contributed by atoms with Crippen LogP contribution in [0.25, 0.3) is 0 Å². The highest BCUT2D eigenvalue weighted by atomic mass is 16.6. The summed E-state index contributed by atoms with van der Waals surface area (Å²) < 4.78 is 0. The van der Waals surface area contributed by atoms with Crippen LogP contribution in [0.5, 0.6) is 0 Å². The number of nitrogens with one attached hydrogen (secondary N) is 1. The molecule has 0 radical (unpaired) electrons. The molecule has 0 aliphatic rings. The molecular weight excluding hydrogens is 264 g/mol. The molecule has 1 unspecified atom stereocenters. The lowest BCUT2D eigenvalue weighted by Crippen LogP contribution is -2.24. The van der Waals surface area contributed by atoms with Crippen LogP contribution in [0.2, 0.25) is 0 Å². The Kier molecular flexibility index (Phi) is 5.06. The van der Waals surface area contributed by atoms with Gasteiger partial charge in [-0.1, -0.05) is 49.4 Å². The van der Waals surface area contributed by atoms with Crippen molar-refractivity contribution in [1.82, 2.24) is 5.32 Å². The van der Waals surface area contributed by atoms with Gasteiger partial charge in [-0.25, -0.2) is 0 Å². The number of nitro benzene ring substituents is 1. The van der Waals surface area contributed by atoms with Crippen LogP contribution < -0.4 is 5.32 Å². The Morgan fingerprint density at radius 2 is 1.76 bits per heavy atom. The van der Waals surface area contributed by atoms with E-state index < -0.39 is 0 Å². The van der Waals surface area contributed by atoms with E-state index in [0.29, 0.717) is 0 Å². The maximum atomic E-state index is 10.9. The van der Waals surface area contributed by atoms with E-state index in [2.05, 4.69) is 31.3 Å². The van der Waals surface area contributed by atoms with Crippen molar-refractivity contribution in [2.45, 2.75) is 32.4 Å². The Morgan fingerprint density at radius 3 is 2.38 bits per heavy atom. The monoisotopic (exact) mass is 284 g/mol. The lowest BCUT2D eigenvalue weighted by molar-refractivity contribution is -0.384. The second kappa shape index (κ2) is 6.99. The number of benzene rings is 2. The van der Waals surface area contributed by atoms with Crippen molar-refractivity contribution in [3.63, 3.8) is 0 Å². The highest BCUT2D eigenvalue weighted by Gasteiger charge is 2.16. The summed E-state index contributed by atoms with van der Waals surface area (Å²) in [6, 6.07) is 17.3. The van der Waals surface area contributed by atoms with Gasteiger partial charge in [0.2, 0.25) is 0 Å². The Morgan fingerprint density at radius 1 is 1.10 bits per heavy atom. The average Bonchev–Trinajstić information content (AvgIpc) is 2.53. The molecule has 1 N–H and O–H groups in total. The topological polar surface area (TPSA) is 55.2 Å². The van der Waals surface area contributed by atoms with Crippen LogP contribution >= 0.6 is 0 Å². The third-order valence-corrected chi connectivity index (χ3v) is 3.64. The van der Waals surface area contributed by atoms with Gasteiger partial charge in [0.1, 0.15) is 0 Å². The summed E-state index contributed by atoms with van der Waals surface area (Å²) in [6.07, 6.45) is 0.873. The largest absolute Gasteiger partial charge is 0.303 e. The van der Waals surface area contributed by atoms with Crippen molar-refractivity contribution < 1.29 is 4.92 Å². The van der Waals surface area contributed by atoms with Crippen molar-refractivity contribution in [2.24, 2.45) is 0 Å². The Labute approximate surface area is 125 Å². The van der Waals surface area contributed by atoms with E-state index in [1.807, 2.05) is 24.3 Å². The second-order valence-corrected chi connectivity index (χ2v) is 5.11. The minimum absolute atomic E-state index is 0.0973. The molecule has 0 spiro atoms. The molecule has 2 aromatic carbocycles. The molecule has 4 nitrogen and oxygen atoms in total. The minimum Gasteiger partial charge on any atom is -0.303 e. The molecule has 0 aliphatic carbocycles. The number of nitro groups is 1. The molecule has 0 saturated heterocycles. The molecule has 110 valence electrons. The first kappa shape index (κ1) is 15.2. The van der Waals surface area contributed by atoms with Crippen molar-refractivity contribution >= 4 is 5.69 Å². The predicted octanol–water partition coefficient (Wildman–Crippen LogP) is 4.40. The second-order valence-electron chi connectivity index (χ2n) is 5.11. The summed E-state index contributed by atoms with van der Waals surface area (Å²) in [5.41, 5.74) is 2.30. The van der Waals surface area contributed by atoms with Gasteiger partial charge in [-0.3, -0.25) is 10.1 Å². The third-order valence-electron chi connectivity index (χ3n) is 3.64. The zero-order chi connectivity index (χ0) is 15.2. The fourth-order valence-corrected chi connectivity index (χ4v) is 2.44. The maximum Gasteiger partial charge on any atom is 0.269 e. The summed E-state index contributed by atoms with van der Waals surface area (Å²) in [4.78, 5) is 10.5. The Bertz CT molecular complexity index is 599. The summed E-state index contributed by atoms with van der Waals surface area (Å²) in [7, 11) is 0. The van der Waals surface area contributed by atoms with E-state index in [4.69, 9.17) is 0 Å². The number of hydrogen-bond acceptors (Lipinski definition) is 3. The first-order valence-corrected chi connectivity index (χ1v) is 7.17. The molecule has 0 aliphatic heterocycles. The van der Waals surface area contributed by atoms with E-state index in [9.17, 15) is 10.1 Å². The highest BCUT2D eigenvalue weighted by Crippen LogP contribution is 2.24. The summed E-state index contributed by atoms with van der Waals surface area (Å²) in [6.45, 7) is 4.18. The lowest BCUT2D eigenvalue weighted by atomic mass is 10.0. The van der Waals surface area contributed by atoms with E-state index in [-0.39, 0.29) is 22.7 Å². The molecule has 2 atom stereocenters. The SMILES string of the molecule is CCC(N[C@@H](C)c1ccccc1)c1cccc([N+](=O)[O-])c1. The number of non-ortho nitro benzene ring substituents is 1. The first-order chi connectivity index (χ1) is 10.1. The fraction of sp³-hybridized carbons (Fsp3) is 0.294. The molecule has 4 heteroatoms. The smallest absolute Gasteiger partial charge is 0.269 e. The Hall–Kier alpha value is -2.20. The normalized spacial score (nSPS) is 13.6. The fourth-order valence-electron chi connectivity index (χ4n) is 2.44. The van der Waals surface area contributed by atoms with E-state index in [1.54, 1.807) is 12.1 Å². The molecule has 0 aromatic heterocycles. The van der Waals surface area contributed by atoms with Gasteiger partial charge in [0.15, 0.2) is 0 Å². The van der Waals surface area contributed by atoms with Crippen molar-refractivity contribution in [3.8, 4) is 0 Å². The highest BCUT2D eigenvalue weighted by molar-refractivity contribution is 5.36. The average molecular weight is 284 g/mol. The summed E-state index contributed by atoms with van der Waals surface area (Å²) in [5, 5.41) is 14.4.